The molecule has 0 aliphatic rings. The van der Waals surface area contributed by atoms with Crippen molar-refractivity contribution >= 4 is 18.6 Å². The summed E-state index contributed by atoms with van der Waals surface area (Å²) in [6.07, 6.45) is 6.84. The first-order chi connectivity index (χ1) is 13.5. The van der Waals surface area contributed by atoms with Crippen LogP contribution in [0.1, 0.15) is 70.9 Å². The Morgan fingerprint density at radius 1 is 1.00 bits per heavy atom. The number of aldehydes is 1. The molecule has 0 radical (unpaired) electrons. The van der Waals surface area contributed by atoms with Crippen LogP contribution in [0.3, 0.4) is 0 Å². The van der Waals surface area contributed by atoms with Crippen LogP contribution in [-0.4, -0.2) is 31.2 Å². The molecule has 5 nitrogen and oxygen atoms in total. The zero-order valence-electron chi connectivity index (χ0n) is 18.0. The fourth-order valence-corrected chi connectivity index (χ4v) is 2.85. The summed E-state index contributed by atoms with van der Waals surface area (Å²) < 4.78 is 0. The van der Waals surface area contributed by atoms with Gasteiger partial charge in [0.15, 0.2) is 0 Å². The van der Waals surface area contributed by atoms with Crippen molar-refractivity contribution in [3.8, 4) is 0 Å². The Kier molecular flexibility index (Phi) is 15.6. The lowest BCUT2D eigenvalue weighted by Crippen LogP contribution is -2.29. The minimum absolute atomic E-state index is 0.0689. The van der Waals surface area contributed by atoms with Gasteiger partial charge in [0.05, 0.1) is 6.04 Å². The number of rotatable bonds is 14. The topological polar surface area (TPSA) is 75.3 Å². The van der Waals surface area contributed by atoms with Gasteiger partial charge in [0.1, 0.15) is 6.29 Å². The Morgan fingerprint density at radius 3 is 2.21 bits per heavy atom. The molecule has 158 valence electrons. The third-order valence-corrected chi connectivity index (χ3v) is 4.25. The second kappa shape index (κ2) is 17.0. The molecular weight excluding hydrogens is 352 g/mol. The molecule has 0 spiro atoms. The van der Waals surface area contributed by atoms with Gasteiger partial charge in [-0.25, -0.2) is 0 Å². The third-order valence-electron chi connectivity index (χ3n) is 4.25. The van der Waals surface area contributed by atoms with Crippen LogP contribution in [0.15, 0.2) is 24.3 Å². The van der Waals surface area contributed by atoms with Crippen LogP contribution in [0.25, 0.3) is 0 Å². The molecule has 2 N–H and O–H groups in total. The van der Waals surface area contributed by atoms with E-state index in [4.69, 9.17) is 0 Å². The molecule has 1 unspecified atom stereocenters. The van der Waals surface area contributed by atoms with Crippen LogP contribution < -0.4 is 10.6 Å². The van der Waals surface area contributed by atoms with E-state index >= 15 is 0 Å². The van der Waals surface area contributed by atoms with Gasteiger partial charge in [-0.05, 0) is 55.6 Å². The van der Waals surface area contributed by atoms with Crippen molar-refractivity contribution in [1.29, 1.82) is 0 Å². The number of nitrogens with one attached hydrogen (secondary N) is 2. The zero-order valence-corrected chi connectivity index (χ0v) is 18.0. The van der Waals surface area contributed by atoms with Gasteiger partial charge in [0.25, 0.3) is 0 Å². The number of amides is 2. The van der Waals surface area contributed by atoms with Crippen molar-refractivity contribution in [3.05, 3.63) is 35.4 Å². The second-order valence-corrected chi connectivity index (χ2v) is 7.14. The van der Waals surface area contributed by atoms with E-state index in [1.807, 2.05) is 13.8 Å². The van der Waals surface area contributed by atoms with Crippen LogP contribution >= 0.6 is 0 Å². The van der Waals surface area contributed by atoms with Crippen molar-refractivity contribution in [3.63, 3.8) is 0 Å². The first-order valence-corrected chi connectivity index (χ1v) is 10.5. The predicted octanol–water partition coefficient (Wildman–Crippen LogP) is 3.83. The molecule has 28 heavy (non-hydrogen) atoms. The molecule has 0 bridgehead atoms. The molecule has 0 aliphatic heterocycles. The van der Waals surface area contributed by atoms with E-state index in [0.717, 1.165) is 38.4 Å². The Balaban J connectivity index is 0.00000352. The fraction of sp³-hybridized carbons (Fsp3) is 0.609. The van der Waals surface area contributed by atoms with Crippen LogP contribution in [0.5, 0.6) is 0 Å². The number of benzene rings is 1. The maximum absolute atomic E-state index is 11.8. The average molecular weight is 391 g/mol. The molecule has 1 aromatic rings. The standard InChI is InChI=1S/C21H32N2O3.C2H6/c1-17(2)14-19-11-9-18(10-12-19)6-5-8-21(26)22-13-4-3-7-20(15-24)23-16-25;1-2/h9-12,15-17,20H,3-8,13-14H2,1-2H3,(H,22,26)(H,23,25);1-2H3. The lowest BCUT2D eigenvalue weighted by Gasteiger charge is -2.09. The Morgan fingerprint density at radius 2 is 1.64 bits per heavy atom. The molecule has 0 aromatic heterocycles. The molecule has 0 saturated carbocycles. The molecule has 0 fully saturated rings. The monoisotopic (exact) mass is 390 g/mol. The molecule has 0 aliphatic carbocycles. The highest BCUT2D eigenvalue weighted by atomic mass is 16.1. The number of carbonyl (C=O) groups excluding carboxylic acids is 3. The molecule has 1 atom stereocenters. The van der Waals surface area contributed by atoms with E-state index in [2.05, 4.69) is 48.7 Å². The highest BCUT2D eigenvalue weighted by molar-refractivity contribution is 5.75. The van der Waals surface area contributed by atoms with Gasteiger partial charge >= 0.3 is 0 Å². The Bertz CT molecular complexity index is 541. The molecule has 2 amide bonds. The smallest absolute Gasteiger partial charge is 0.220 e. The van der Waals surface area contributed by atoms with Crippen LogP contribution in [0, 0.1) is 5.92 Å². The van der Waals surface area contributed by atoms with Gasteiger partial charge in [-0.2, -0.15) is 0 Å². The molecule has 0 heterocycles. The third kappa shape index (κ3) is 13.1. The summed E-state index contributed by atoms with van der Waals surface area (Å²) >= 11 is 0. The number of carbonyl (C=O) groups is 3. The highest BCUT2D eigenvalue weighted by Gasteiger charge is 2.05. The van der Waals surface area contributed by atoms with E-state index < -0.39 is 6.04 Å². The Hall–Kier alpha value is -2.17. The average Bonchev–Trinajstić information content (AvgIpc) is 2.69. The van der Waals surface area contributed by atoms with E-state index in [1.165, 1.54) is 11.1 Å². The van der Waals surface area contributed by atoms with E-state index in [0.29, 0.717) is 31.7 Å². The predicted molar refractivity (Wildman–Crippen MR) is 115 cm³/mol. The molecular formula is C23H38N2O3. The first-order valence-electron chi connectivity index (χ1n) is 10.5. The van der Waals surface area contributed by atoms with Gasteiger partial charge in [-0.15, -0.1) is 0 Å². The van der Waals surface area contributed by atoms with Gasteiger partial charge in [0.2, 0.25) is 12.3 Å². The lowest BCUT2D eigenvalue weighted by molar-refractivity contribution is -0.121. The van der Waals surface area contributed by atoms with Gasteiger partial charge in [0, 0.05) is 13.0 Å². The van der Waals surface area contributed by atoms with Crippen LogP contribution in [0.4, 0.5) is 0 Å². The van der Waals surface area contributed by atoms with Crippen molar-refractivity contribution in [2.24, 2.45) is 5.92 Å². The Labute approximate surface area is 170 Å². The van der Waals surface area contributed by atoms with Crippen molar-refractivity contribution in [1.82, 2.24) is 10.6 Å². The van der Waals surface area contributed by atoms with Crippen molar-refractivity contribution in [2.45, 2.75) is 78.7 Å². The largest absolute Gasteiger partial charge is 0.356 e. The summed E-state index contributed by atoms with van der Waals surface area (Å²) in [7, 11) is 0. The van der Waals surface area contributed by atoms with Crippen molar-refractivity contribution < 1.29 is 14.4 Å². The maximum atomic E-state index is 11.8. The summed E-state index contributed by atoms with van der Waals surface area (Å²) in [6, 6.07) is 8.26. The van der Waals surface area contributed by atoms with E-state index in [1.54, 1.807) is 0 Å². The van der Waals surface area contributed by atoms with Gasteiger partial charge in [-0.1, -0.05) is 52.0 Å². The summed E-state index contributed by atoms with van der Waals surface area (Å²) in [6.45, 7) is 9.04. The first kappa shape index (κ1) is 25.8. The van der Waals surface area contributed by atoms with Crippen molar-refractivity contribution in [2.75, 3.05) is 6.54 Å². The highest BCUT2D eigenvalue weighted by Crippen LogP contribution is 2.11. The lowest BCUT2D eigenvalue weighted by atomic mass is 10.00. The summed E-state index contributed by atoms with van der Waals surface area (Å²) in [4.78, 5) is 32.8. The van der Waals surface area contributed by atoms with Crippen LogP contribution in [0.2, 0.25) is 0 Å². The summed E-state index contributed by atoms with van der Waals surface area (Å²) in [5.41, 5.74) is 2.63. The molecule has 5 heteroatoms. The van der Waals surface area contributed by atoms with E-state index in [-0.39, 0.29) is 5.91 Å². The van der Waals surface area contributed by atoms with Crippen LogP contribution in [-0.2, 0) is 27.2 Å². The zero-order chi connectivity index (χ0) is 21.2. The second-order valence-electron chi connectivity index (χ2n) is 7.14. The SMILES string of the molecule is CC.CC(C)Cc1ccc(CCCC(=O)NCCCCC(C=O)NC=O)cc1. The van der Waals surface area contributed by atoms with Gasteiger partial charge in [-0.3, -0.25) is 9.59 Å². The summed E-state index contributed by atoms with van der Waals surface area (Å²) in [5.74, 6) is 0.731. The fourth-order valence-electron chi connectivity index (χ4n) is 2.85. The maximum Gasteiger partial charge on any atom is 0.220 e. The normalized spacial score (nSPS) is 11.2. The molecule has 1 rings (SSSR count). The summed E-state index contributed by atoms with van der Waals surface area (Å²) in [5, 5.41) is 5.36. The molecule has 1 aromatic carbocycles. The molecule has 0 saturated heterocycles. The van der Waals surface area contributed by atoms with E-state index in [9.17, 15) is 14.4 Å². The van der Waals surface area contributed by atoms with Gasteiger partial charge < -0.3 is 15.4 Å². The number of unbranched alkanes of at least 4 members (excludes halogenated alkanes) is 1. The number of hydrogen-bond donors (Lipinski definition) is 2. The minimum Gasteiger partial charge on any atom is -0.356 e. The minimum atomic E-state index is -0.421. The number of hydrogen-bond acceptors (Lipinski definition) is 3. The number of aryl methyl sites for hydroxylation is 1. The quantitative estimate of drug-likeness (QED) is 0.374.